The lowest BCUT2D eigenvalue weighted by molar-refractivity contribution is 0.0741. The van der Waals surface area contributed by atoms with Crippen molar-refractivity contribution in [2.24, 2.45) is 0 Å². The summed E-state index contributed by atoms with van der Waals surface area (Å²) in [6.07, 6.45) is 5.09. The first-order valence-electron chi connectivity index (χ1n) is 8.06. The molecule has 6 heteroatoms. The highest BCUT2D eigenvalue weighted by atomic mass is 19.1. The third-order valence-corrected chi connectivity index (χ3v) is 4.71. The molecule has 23 heavy (non-hydrogen) atoms. The van der Waals surface area contributed by atoms with Crippen molar-refractivity contribution in [3.8, 4) is 5.69 Å². The van der Waals surface area contributed by atoms with Crippen LogP contribution in [0.3, 0.4) is 0 Å². The maximum absolute atomic E-state index is 13.0. The van der Waals surface area contributed by atoms with Crippen molar-refractivity contribution in [3.05, 3.63) is 48.0 Å². The Kier molecular flexibility index (Phi) is 3.61. The SMILES string of the molecule is O=C(c1ccn(-c2ccc(F)cc2)n1)N1CCC2CCC(C1)N2. The lowest BCUT2D eigenvalue weighted by atomic mass is 10.1. The molecule has 2 fully saturated rings. The second-order valence-corrected chi connectivity index (χ2v) is 6.30. The molecule has 2 atom stereocenters. The molecule has 120 valence electrons. The first-order chi connectivity index (χ1) is 11.2. The Bertz CT molecular complexity index is 712. The van der Waals surface area contributed by atoms with Gasteiger partial charge in [0.15, 0.2) is 5.69 Å². The summed E-state index contributed by atoms with van der Waals surface area (Å²) in [5, 5.41) is 7.93. The minimum atomic E-state index is -0.288. The number of likely N-dealkylation sites (tertiary alicyclic amines) is 1. The van der Waals surface area contributed by atoms with E-state index in [0.29, 0.717) is 17.8 Å². The molecule has 0 saturated carbocycles. The van der Waals surface area contributed by atoms with E-state index in [4.69, 9.17) is 0 Å². The molecule has 2 aromatic rings. The van der Waals surface area contributed by atoms with E-state index in [1.807, 2.05) is 4.90 Å². The van der Waals surface area contributed by atoms with Crippen molar-refractivity contribution in [1.82, 2.24) is 20.0 Å². The fraction of sp³-hybridized carbons (Fsp3) is 0.412. The Morgan fingerprint density at radius 1 is 1.13 bits per heavy atom. The van der Waals surface area contributed by atoms with Gasteiger partial charge in [-0.1, -0.05) is 0 Å². The molecule has 2 bridgehead atoms. The Morgan fingerprint density at radius 3 is 2.74 bits per heavy atom. The Morgan fingerprint density at radius 2 is 1.91 bits per heavy atom. The molecule has 1 amide bonds. The highest BCUT2D eigenvalue weighted by Gasteiger charge is 2.32. The van der Waals surface area contributed by atoms with Crippen molar-refractivity contribution in [1.29, 1.82) is 0 Å². The largest absolute Gasteiger partial charge is 0.336 e. The number of benzene rings is 1. The van der Waals surface area contributed by atoms with Gasteiger partial charge in [-0.3, -0.25) is 4.79 Å². The number of hydrogen-bond acceptors (Lipinski definition) is 3. The Hall–Kier alpha value is -2.21. The number of fused-ring (bicyclic) bond motifs is 2. The fourth-order valence-electron chi connectivity index (χ4n) is 3.47. The van der Waals surface area contributed by atoms with Gasteiger partial charge in [0.05, 0.1) is 5.69 Å². The zero-order valence-corrected chi connectivity index (χ0v) is 12.8. The van der Waals surface area contributed by atoms with Crippen molar-refractivity contribution in [2.75, 3.05) is 13.1 Å². The van der Waals surface area contributed by atoms with Gasteiger partial charge in [-0.25, -0.2) is 9.07 Å². The van der Waals surface area contributed by atoms with Crippen molar-refractivity contribution in [3.63, 3.8) is 0 Å². The van der Waals surface area contributed by atoms with E-state index in [2.05, 4.69) is 10.4 Å². The van der Waals surface area contributed by atoms with E-state index in [1.165, 1.54) is 18.6 Å². The number of aromatic nitrogens is 2. The molecule has 1 N–H and O–H groups in total. The van der Waals surface area contributed by atoms with Crippen LogP contribution in [0.5, 0.6) is 0 Å². The highest BCUT2D eigenvalue weighted by Crippen LogP contribution is 2.21. The molecule has 3 heterocycles. The summed E-state index contributed by atoms with van der Waals surface area (Å²) in [5.74, 6) is -0.315. The van der Waals surface area contributed by atoms with Crippen LogP contribution in [0.1, 0.15) is 29.8 Å². The van der Waals surface area contributed by atoms with Crippen LogP contribution in [0.4, 0.5) is 4.39 Å². The van der Waals surface area contributed by atoms with Gasteiger partial charge in [0, 0.05) is 31.4 Å². The van der Waals surface area contributed by atoms with E-state index in [1.54, 1.807) is 29.1 Å². The summed E-state index contributed by atoms with van der Waals surface area (Å²) < 4.78 is 14.6. The van der Waals surface area contributed by atoms with E-state index in [0.717, 1.165) is 31.6 Å². The van der Waals surface area contributed by atoms with E-state index < -0.39 is 0 Å². The summed E-state index contributed by atoms with van der Waals surface area (Å²) in [4.78, 5) is 14.6. The number of rotatable bonds is 2. The molecule has 5 nitrogen and oxygen atoms in total. The van der Waals surface area contributed by atoms with E-state index in [9.17, 15) is 9.18 Å². The molecule has 2 aliphatic rings. The lowest BCUT2D eigenvalue weighted by Gasteiger charge is -2.23. The summed E-state index contributed by atoms with van der Waals surface area (Å²) in [5.41, 5.74) is 1.18. The topological polar surface area (TPSA) is 50.2 Å². The Balaban J connectivity index is 1.51. The quantitative estimate of drug-likeness (QED) is 0.922. The highest BCUT2D eigenvalue weighted by molar-refractivity contribution is 5.92. The minimum absolute atomic E-state index is 0.0276. The molecule has 1 aromatic heterocycles. The standard InChI is InChI=1S/C17H19FN4O/c18-12-1-5-15(6-2-12)22-10-8-16(20-22)17(23)21-9-7-13-3-4-14(11-21)19-13/h1-2,5-6,8,10,13-14,19H,3-4,7,9,11H2. The zero-order chi connectivity index (χ0) is 15.8. The van der Waals surface area contributed by atoms with Crippen LogP contribution in [-0.4, -0.2) is 45.8 Å². The maximum atomic E-state index is 13.0. The van der Waals surface area contributed by atoms with E-state index >= 15 is 0 Å². The summed E-state index contributed by atoms with van der Waals surface area (Å²) in [7, 11) is 0. The molecule has 2 aliphatic heterocycles. The third-order valence-electron chi connectivity index (χ3n) is 4.71. The fourth-order valence-corrected chi connectivity index (χ4v) is 3.47. The van der Waals surface area contributed by atoms with Gasteiger partial charge >= 0.3 is 0 Å². The second kappa shape index (κ2) is 5.77. The number of amides is 1. The van der Waals surface area contributed by atoms with Crippen molar-refractivity contribution >= 4 is 5.91 Å². The molecule has 2 unspecified atom stereocenters. The predicted molar refractivity (Wildman–Crippen MR) is 84.0 cm³/mol. The molecule has 0 aliphatic carbocycles. The second-order valence-electron chi connectivity index (χ2n) is 6.30. The first kappa shape index (κ1) is 14.4. The molecule has 0 radical (unpaired) electrons. The van der Waals surface area contributed by atoms with Gasteiger partial charge in [-0.2, -0.15) is 5.10 Å². The van der Waals surface area contributed by atoms with Gasteiger partial charge in [-0.15, -0.1) is 0 Å². The summed E-state index contributed by atoms with van der Waals surface area (Å²) in [6.45, 7) is 1.52. The van der Waals surface area contributed by atoms with Crippen molar-refractivity contribution in [2.45, 2.75) is 31.3 Å². The average Bonchev–Trinajstić information content (AvgIpc) is 3.14. The van der Waals surface area contributed by atoms with E-state index in [-0.39, 0.29) is 11.7 Å². The van der Waals surface area contributed by atoms with Crippen molar-refractivity contribution < 1.29 is 9.18 Å². The van der Waals surface area contributed by atoms with Crippen LogP contribution < -0.4 is 5.32 Å². The number of carbonyl (C=O) groups excluding carboxylic acids is 1. The van der Waals surface area contributed by atoms with Crippen LogP contribution in [0.25, 0.3) is 5.69 Å². The number of nitrogens with one attached hydrogen (secondary N) is 1. The first-order valence-corrected chi connectivity index (χ1v) is 8.06. The van der Waals surface area contributed by atoms with Crippen LogP contribution in [0.2, 0.25) is 0 Å². The molecule has 0 spiro atoms. The van der Waals surface area contributed by atoms with Gasteiger partial charge < -0.3 is 10.2 Å². The molecular weight excluding hydrogens is 295 g/mol. The predicted octanol–water partition coefficient (Wildman–Crippen LogP) is 1.98. The average molecular weight is 314 g/mol. The molecule has 2 saturated heterocycles. The number of nitrogens with zero attached hydrogens (tertiary/aromatic N) is 3. The summed E-state index contributed by atoms with van der Waals surface area (Å²) >= 11 is 0. The monoisotopic (exact) mass is 314 g/mol. The van der Waals surface area contributed by atoms with Crippen LogP contribution in [0, 0.1) is 5.82 Å². The molecule has 1 aromatic carbocycles. The molecule has 4 rings (SSSR count). The van der Waals surface area contributed by atoms with Gasteiger partial charge in [0.1, 0.15) is 5.82 Å². The van der Waals surface area contributed by atoms with Gasteiger partial charge in [0.2, 0.25) is 0 Å². The van der Waals surface area contributed by atoms with Crippen LogP contribution >= 0.6 is 0 Å². The number of carbonyl (C=O) groups is 1. The third kappa shape index (κ3) is 2.86. The van der Waals surface area contributed by atoms with Gasteiger partial charge in [0.25, 0.3) is 5.91 Å². The minimum Gasteiger partial charge on any atom is -0.336 e. The zero-order valence-electron chi connectivity index (χ0n) is 12.8. The van der Waals surface area contributed by atoms with Gasteiger partial charge in [-0.05, 0) is 49.6 Å². The summed E-state index contributed by atoms with van der Waals surface area (Å²) in [6, 6.07) is 8.74. The smallest absolute Gasteiger partial charge is 0.274 e. The molecular formula is C17H19FN4O. The maximum Gasteiger partial charge on any atom is 0.274 e. The van der Waals surface area contributed by atoms with Crippen LogP contribution in [-0.2, 0) is 0 Å². The van der Waals surface area contributed by atoms with Crippen LogP contribution in [0.15, 0.2) is 36.5 Å². The Labute approximate surface area is 134 Å². The number of hydrogen-bond donors (Lipinski definition) is 1. The lowest BCUT2D eigenvalue weighted by Crippen LogP contribution is -2.39. The number of halogens is 1. The normalized spacial score (nSPS) is 23.8.